The van der Waals surface area contributed by atoms with Gasteiger partial charge in [-0.3, -0.25) is 0 Å². The van der Waals surface area contributed by atoms with Gasteiger partial charge in [-0.1, -0.05) is 24.3 Å². The van der Waals surface area contributed by atoms with Crippen LogP contribution in [0.2, 0.25) is 0 Å². The predicted molar refractivity (Wildman–Crippen MR) is 94.6 cm³/mol. The number of benzene rings is 2. The number of nitrogens with two attached hydrogens (primary N) is 1. The second kappa shape index (κ2) is 8.00. The van der Waals surface area contributed by atoms with E-state index in [0.717, 1.165) is 22.4 Å². The minimum atomic E-state index is -3.71. The number of hydrogen-bond acceptors (Lipinski definition) is 4. The second-order valence-electron chi connectivity index (χ2n) is 5.54. The second-order valence-corrected chi connectivity index (χ2v) is 7.10. The maximum atomic E-state index is 11.8. The molecule has 0 unspecified atom stereocenters. The largest absolute Gasteiger partial charge is 0.473 e. The molecule has 0 aromatic heterocycles. The molecule has 2 amide bonds. The summed E-state index contributed by atoms with van der Waals surface area (Å²) in [7, 11) is -3.71. The highest BCUT2D eigenvalue weighted by Crippen LogP contribution is 2.19. The van der Waals surface area contributed by atoms with Crippen molar-refractivity contribution in [3.8, 4) is 5.75 Å². The first-order chi connectivity index (χ1) is 11.8. The first-order valence-electron chi connectivity index (χ1n) is 7.60. The molecular weight excluding hydrogens is 342 g/mol. The maximum Gasteiger partial charge on any atom is 0.317 e. The maximum absolute atomic E-state index is 11.8. The summed E-state index contributed by atoms with van der Waals surface area (Å²) in [4.78, 5) is 11.8. The molecule has 2 aromatic rings. The van der Waals surface area contributed by atoms with Crippen LogP contribution in [0.15, 0.2) is 47.4 Å². The summed E-state index contributed by atoms with van der Waals surface area (Å²) < 4.78 is 27.9. The van der Waals surface area contributed by atoms with E-state index >= 15 is 0 Å². The summed E-state index contributed by atoms with van der Waals surface area (Å²) >= 11 is 0. The number of rotatable bonds is 6. The number of hydrogen-bond donors (Lipinski definition) is 3. The van der Waals surface area contributed by atoms with E-state index in [-0.39, 0.29) is 24.2 Å². The van der Waals surface area contributed by atoms with E-state index in [2.05, 4.69) is 10.6 Å². The van der Waals surface area contributed by atoms with E-state index in [4.69, 9.17) is 9.88 Å². The van der Waals surface area contributed by atoms with Crippen molar-refractivity contribution in [3.63, 3.8) is 0 Å². The highest BCUT2D eigenvalue weighted by Gasteiger charge is 2.07. The monoisotopic (exact) mass is 363 g/mol. The summed E-state index contributed by atoms with van der Waals surface area (Å²) in [5.74, 6) is 0.721. The summed E-state index contributed by atoms with van der Waals surface area (Å²) in [6.07, 6.45) is 0. The Balaban J connectivity index is 1.78. The highest BCUT2D eigenvalue weighted by atomic mass is 32.2. The Hall–Kier alpha value is -2.58. The van der Waals surface area contributed by atoms with Crippen molar-refractivity contribution in [2.45, 2.75) is 25.3 Å². The minimum Gasteiger partial charge on any atom is -0.473 e. The molecule has 25 heavy (non-hydrogen) atoms. The number of amides is 2. The van der Waals surface area contributed by atoms with Gasteiger partial charge in [-0.15, -0.1) is 0 Å². The molecule has 7 nitrogen and oxygen atoms in total. The summed E-state index contributed by atoms with van der Waals surface area (Å²) in [5, 5.41) is 10.3. The first-order valence-corrected chi connectivity index (χ1v) is 9.14. The van der Waals surface area contributed by atoms with E-state index in [0.29, 0.717) is 0 Å². The molecule has 0 saturated carbocycles. The Morgan fingerprint density at radius 1 is 1.08 bits per heavy atom. The Kier molecular flexibility index (Phi) is 6.00. The average molecular weight is 363 g/mol. The molecule has 2 aromatic carbocycles. The molecule has 0 fully saturated rings. The number of carbonyl (C=O) groups is 1. The quantitative estimate of drug-likeness (QED) is 0.680. The van der Waals surface area contributed by atoms with Crippen LogP contribution in [0.25, 0.3) is 0 Å². The third kappa shape index (κ3) is 5.47. The van der Waals surface area contributed by atoms with Crippen LogP contribution in [0.4, 0.5) is 4.79 Å². The van der Waals surface area contributed by atoms with Gasteiger partial charge in [0.15, 0.2) is 6.73 Å². The van der Waals surface area contributed by atoms with Crippen molar-refractivity contribution in [3.05, 3.63) is 59.2 Å². The number of ether oxygens (including phenoxy) is 1. The van der Waals surface area contributed by atoms with E-state index in [1.807, 2.05) is 32.0 Å². The normalized spacial score (nSPS) is 11.0. The lowest BCUT2D eigenvalue weighted by molar-refractivity contribution is 0.223. The van der Waals surface area contributed by atoms with E-state index < -0.39 is 10.0 Å². The van der Waals surface area contributed by atoms with Gasteiger partial charge in [-0.2, -0.15) is 0 Å². The lowest BCUT2D eigenvalue weighted by Gasteiger charge is -2.12. The van der Waals surface area contributed by atoms with Crippen LogP contribution in [0, 0.1) is 13.8 Å². The zero-order valence-electron chi connectivity index (χ0n) is 14.1. The average Bonchev–Trinajstić information content (AvgIpc) is 2.56. The lowest BCUT2D eigenvalue weighted by Crippen LogP contribution is -2.37. The number of primary sulfonamides is 1. The van der Waals surface area contributed by atoms with Crippen molar-refractivity contribution in [2.75, 3.05) is 6.73 Å². The molecule has 0 aliphatic rings. The van der Waals surface area contributed by atoms with Gasteiger partial charge in [-0.05, 0) is 48.7 Å². The Labute approximate surface area is 147 Å². The molecule has 0 saturated heterocycles. The molecule has 0 aliphatic carbocycles. The third-order valence-corrected chi connectivity index (χ3v) is 4.65. The van der Waals surface area contributed by atoms with Crippen LogP contribution in [0.5, 0.6) is 5.75 Å². The van der Waals surface area contributed by atoms with Gasteiger partial charge in [0.1, 0.15) is 5.75 Å². The van der Waals surface area contributed by atoms with Gasteiger partial charge in [0.2, 0.25) is 10.0 Å². The van der Waals surface area contributed by atoms with Crippen molar-refractivity contribution in [2.24, 2.45) is 5.14 Å². The fourth-order valence-corrected chi connectivity index (χ4v) is 2.62. The van der Waals surface area contributed by atoms with Gasteiger partial charge in [0, 0.05) is 6.54 Å². The summed E-state index contributed by atoms with van der Waals surface area (Å²) in [5.41, 5.74) is 2.89. The van der Waals surface area contributed by atoms with E-state index in [9.17, 15) is 13.2 Å². The van der Waals surface area contributed by atoms with Gasteiger partial charge in [0.05, 0.1) is 4.90 Å². The summed E-state index contributed by atoms with van der Waals surface area (Å²) in [6, 6.07) is 11.3. The Morgan fingerprint density at radius 3 is 2.40 bits per heavy atom. The molecule has 0 spiro atoms. The molecule has 0 bridgehead atoms. The third-order valence-electron chi connectivity index (χ3n) is 3.72. The molecule has 8 heteroatoms. The minimum absolute atomic E-state index is 0.0302. The molecular formula is C17H21N3O4S. The molecule has 0 aliphatic heterocycles. The zero-order valence-corrected chi connectivity index (χ0v) is 14.9. The van der Waals surface area contributed by atoms with Crippen molar-refractivity contribution in [1.82, 2.24) is 10.6 Å². The van der Waals surface area contributed by atoms with Gasteiger partial charge >= 0.3 is 6.03 Å². The number of nitrogens with one attached hydrogen (secondary N) is 2. The Morgan fingerprint density at radius 2 is 1.76 bits per heavy atom. The topological polar surface area (TPSA) is 111 Å². The van der Waals surface area contributed by atoms with Crippen LogP contribution in [0.3, 0.4) is 0 Å². The van der Waals surface area contributed by atoms with Crippen molar-refractivity contribution in [1.29, 1.82) is 0 Å². The predicted octanol–water partition coefficient (Wildman–Crippen LogP) is 1.79. The first kappa shape index (κ1) is 18.8. The van der Waals surface area contributed by atoms with Gasteiger partial charge in [0.25, 0.3) is 0 Å². The van der Waals surface area contributed by atoms with Gasteiger partial charge in [-0.25, -0.2) is 18.4 Å². The van der Waals surface area contributed by atoms with Crippen LogP contribution < -0.4 is 20.5 Å². The standard InChI is InChI=1S/C17H21N3O4S/c1-12-4-3-5-16(13(12)2)24-11-20-17(21)19-10-14-6-8-15(9-7-14)25(18,22)23/h3-9H,10-11H2,1-2H3,(H2,18,22,23)(H2,19,20,21). The number of urea groups is 1. The molecule has 2 rings (SSSR count). The molecule has 0 heterocycles. The summed E-state index contributed by atoms with van der Waals surface area (Å²) in [6.45, 7) is 4.24. The highest BCUT2D eigenvalue weighted by molar-refractivity contribution is 7.89. The van der Waals surface area contributed by atoms with Crippen LogP contribution in [-0.4, -0.2) is 21.2 Å². The molecule has 134 valence electrons. The number of sulfonamides is 1. The number of carbonyl (C=O) groups excluding carboxylic acids is 1. The van der Waals surface area contributed by atoms with Crippen molar-refractivity contribution < 1.29 is 17.9 Å². The fourth-order valence-electron chi connectivity index (χ4n) is 2.10. The van der Waals surface area contributed by atoms with Crippen molar-refractivity contribution >= 4 is 16.1 Å². The molecule has 0 atom stereocenters. The Bertz CT molecular complexity index is 849. The van der Waals surface area contributed by atoms with Crippen LogP contribution >= 0.6 is 0 Å². The zero-order chi connectivity index (χ0) is 18.4. The smallest absolute Gasteiger partial charge is 0.317 e. The van der Waals surface area contributed by atoms with Gasteiger partial charge < -0.3 is 15.4 Å². The molecule has 0 radical (unpaired) electrons. The van der Waals surface area contributed by atoms with E-state index in [1.165, 1.54) is 12.1 Å². The van der Waals surface area contributed by atoms with Crippen LogP contribution in [-0.2, 0) is 16.6 Å². The number of aryl methyl sites for hydroxylation is 1. The van der Waals surface area contributed by atoms with Crippen LogP contribution in [0.1, 0.15) is 16.7 Å². The van der Waals surface area contributed by atoms with E-state index in [1.54, 1.807) is 12.1 Å². The fraction of sp³-hybridized carbons (Fsp3) is 0.235. The lowest BCUT2D eigenvalue weighted by atomic mass is 10.1. The molecule has 4 N–H and O–H groups in total. The SMILES string of the molecule is Cc1cccc(OCNC(=O)NCc2ccc(S(N)(=O)=O)cc2)c1C.